The molecule has 2 aromatic rings. The standard InChI is InChI=1S/C14H16ClN3O2/c1-9(2)17(3)13(19)7-18-8-16-12-5-4-10(15)6-11(12)14(18)20/h4-6,8-9H,7H2,1-3H3. The number of aromatic nitrogens is 2. The lowest BCUT2D eigenvalue weighted by atomic mass is 10.2. The molecule has 0 aliphatic heterocycles. The average Bonchev–Trinajstić information content (AvgIpc) is 2.41. The van der Waals surface area contributed by atoms with Crippen LogP contribution in [0.25, 0.3) is 10.9 Å². The molecule has 0 atom stereocenters. The number of likely N-dealkylation sites (N-methyl/N-ethyl adjacent to an activating group) is 1. The van der Waals surface area contributed by atoms with Crippen LogP contribution < -0.4 is 5.56 Å². The maximum Gasteiger partial charge on any atom is 0.261 e. The summed E-state index contributed by atoms with van der Waals surface area (Å²) < 4.78 is 1.31. The van der Waals surface area contributed by atoms with Crippen molar-refractivity contribution in [1.82, 2.24) is 14.5 Å². The smallest absolute Gasteiger partial charge is 0.261 e. The lowest BCUT2D eigenvalue weighted by Crippen LogP contribution is -2.37. The van der Waals surface area contributed by atoms with Gasteiger partial charge < -0.3 is 4.90 Å². The summed E-state index contributed by atoms with van der Waals surface area (Å²) in [5.41, 5.74) is 0.309. The zero-order valence-corrected chi connectivity index (χ0v) is 12.4. The first-order valence-corrected chi connectivity index (χ1v) is 6.68. The summed E-state index contributed by atoms with van der Waals surface area (Å²) >= 11 is 5.89. The largest absolute Gasteiger partial charge is 0.342 e. The molecule has 0 fully saturated rings. The molecule has 106 valence electrons. The minimum absolute atomic E-state index is 0.0248. The Morgan fingerprint density at radius 3 is 2.80 bits per heavy atom. The van der Waals surface area contributed by atoms with E-state index in [-0.39, 0.29) is 24.1 Å². The van der Waals surface area contributed by atoms with Gasteiger partial charge in [0.15, 0.2) is 0 Å². The van der Waals surface area contributed by atoms with Crippen LogP contribution in [0.1, 0.15) is 13.8 Å². The van der Waals surface area contributed by atoms with Crippen LogP contribution in [0.3, 0.4) is 0 Å². The SMILES string of the molecule is CC(C)N(C)C(=O)Cn1cnc2ccc(Cl)cc2c1=O. The maximum atomic E-state index is 12.3. The second-order valence-electron chi connectivity index (χ2n) is 4.94. The van der Waals surface area contributed by atoms with Crippen molar-refractivity contribution in [2.75, 3.05) is 7.05 Å². The third-order valence-electron chi connectivity index (χ3n) is 3.26. The number of nitrogens with zero attached hydrogens (tertiary/aromatic N) is 3. The number of carbonyl (C=O) groups is 1. The van der Waals surface area contributed by atoms with Crippen LogP contribution in [-0.4, -0.2) is 33.4 Å². The van der Waals surface area contributed by atoms with Crippen LogP contribution >= 0.6 is 11.6 Å². The first-order valence-electron chi connectivity index (χ1n) is 6.30. The molecule has 0 aliphatic carbocycles. The zero-order chi connectivity index (χ0) is 14.9. The van der Waals surface area contributed by atoms with Gasteiger partial charge in [-0.15, -0.1) is 0 Å². The summed E-state index contributed by atoms with van der Waals surface area (Å²) in [6, 6.07) is 5.02. The molecular formula is C14H16ClN3O2. The molecule has 1 heterocycles. The highest BCUT2D eigenvalue weighted by Crippen LogP contribution is 2.14. The van der Waals surface area contributed by atoms with Crippen molar-refractivity contribution >= 4 is 28.4 Å². The summed E-state index contributed by atoms with van der Waals surface area (Å²) in [5.74, 6) is -0.134. The second-order valence-corrected chi connectivity index (χ2v) is 5.37. The summed E-state index contributed by atoms with van der Waals surface area (Å²) in [7, 11) is 1.71. The monoisotopic (exact) mass is 293 g/mol. The third kappa shape index (κ3) is 2.82. The Balaban J connectivity index is 2.39. The van der Waals surface area contributed by atoms with Gasteiger partial charge in [-0.3, -0.25) is 14.2 Å². The first kappa shape index (κ1) is 14.5. The summed E-state index contributed by atoms with van der Waals surface area (Å²) in [5, 5.41) is 0.889. The number of carbonyl (C=O) groups excluding carboxylic acids is 1. The molecule has 0 saturated heterocycles. The van der Waals surface area contributed by atoms with E-state index >= 15 is 0 Å². The Bertz CT molecular complexity index is 709. The van der Waals surface area contributed by atoms with Crippen molar-refractivity contribution in [3.63, 3.8) is 0 Å². The molecule has 20 heavy (non-hydrogen) atoms. The minimum atomic E-state index is -0.261. The van der Waals surface area contributed by atoms with Gasteiger partial charge in [0.25, 0.3) is 5.56 Å². The van der Waals surface area contributed by atoms with E-state index in [4.69, 9.17) is 11.6 Å². The summed E-state index contributed by atoms with van der Waals surface area (Å²) in [4.78, 5) is 30.1. The van der Waals surface area contributed by atoms with E-state index in [1.807, 2.05) is 13.8 Å². The minimum Gasteiger partial charge on any atom is -0.342 e. The summed E-state index contributed by atoms with van der Waals surface area (Å²) in [6.07, 6.45) is 1.39. The number of benzene rings is 1. The Morgan fingerprint density at radius 2 is 2.15 bits per heavy atom. The molecule has 0 radical (unpaired) electrons. The molecule has 0 aliphatic rings. The molecule has 0 N–H and O–H groups in total. The van der Waals surface area contributed by atoms with Crippen LogP contribution in [0.15, 0.2) is 29.3 Å². The quantitative estimate of drug-likeness (QED) is 0.869. The van der Waals surface area contributed by atoms with Crippen LogP contribution in [-0.2, 0) is 11.3 Å². The number of amides is 1. The van der Waals surface area contributed by atoms with Gasteiger partial charge in [0.2, 0.25) is 5.91 Å². The predicted octanol–water partition coefficient (Wildman–Crippen LogP) is 1.92. The normalized spacial score (nSPS) is 11.1. The molecule has 1 aromatic carbocycles. The molecule has 6 heteroatoms. The van der Waals surface area contributed by atoms with Gasteiger partial charge >= 0.3 is 0 Å². The molecule has 0 saturated carbocycles. The van der Waals surface area contributed by atoms with Crippen LogP contribution in [0.5, 0.6) is 0 Å². The van der Waals surface area contributed by atoms with E-state index in [1.54, 1.807) is 30.1 Å². The predicted molar refractivity (Wildman–Crippen MR) is 78.9 cm³/mol. The number of rotatable bonds is 3. The van der Waals surface area contributed by atoms with Crippen molar-refractivity contribution < 1.29 is 4.79 Å². The van der Waals surface area contributed by atoms with Crippen LogP contribution in [0, 0.1) is 0 Å². The van der Waals surface area contributed by atoms with Crippen molar-refractivity contribution in [1.29, 1.82) is 0 Å². The first-order chi connectivity index (χ1) is 9.40. The fourth-order valence-electron chi connectivity index (χ4n) is 1.79. The number of halogens is 1. The highest BCUT2D eigenvalue weighted by Gasteiger charge is 2.14. The van der Waals surface area contributed by atoms with E-state index in [9.17, 15) is 9.59 Å². The molecule has 2 rings (SSSR count). The van der Waals surface area contributed by atoms with Crippen molar-refractivity contribution in [3.8, 4) is 0 Å². The highest BCUT2D eigenvalue weighted by atomic mass is 35.5. The Hall–Kier alpha value is -1.88. The molecule has 5 nitrogen and oxygen atoms in total. The number of hydrogen-bond acceptors (Lipinski definition) is 3. The molecular weight excluding hydrogens is 278 g/mol. The fourth-order valence-corrected chi connectivity index (χ4v) is 1.96. The number of fused-ring (bicyclic) bond motifs is 1. The molecule has 0 bridgehead atoms. The lowest BCUT2D eigenvalue weighted by Gasteiger charge is -2.21. The van der Waals surface area contributed by atoms with Gasteiger partial charge in [-0.05, 0) is 32.0 Å². The molecule has 0 spiro atoms. The highest BCUT2D eigenvalue weighted by molar-refractivity contribution is 6.31. The second kappa shape index (κ2) is 5.63. The topological polar surface area (TPSA) is 55.2 Å². The van der Waals surface area contributed by atoms with Crippen LogP contribution in [0.2, 0.25) is 5.02 Å². The average molecular weight is 294 g/mol. The Labute approximate surface area is 121 Å². The van der Waals surface area contributed by atoms with E-state index in [2.05, 4.69) is 4.98 Å². The number of hydrogen-bond donors (Lipinski definition) is 0. The lowest BCUT2D eigenvalue weighted by molar-refractivity contribution is -0.132. The molecule has 0 unspecified atom stereocenters. The van der Waals surface area contributed by atoms with Gasteiger partial charge in [-0.1, -0.05) is 11.6 Å². The van der Waals surface area contributed by atoms with E-state index in [1.165, 1.54) is 10.9 Å². The van der Waals surface area contributed by atoms with E-state index in [0.29, 0.717) is 15.9 Å². The van der Waals surface area contributed by atoms with E-state index < -0.39 is 0 Å². The van der Waals surface area contributed by atoms with Crippen LogP contribution in [0.4, 0.5) is 0 Å². The van der Waals surface area contributed by atoms with Crippen molar-refractivity contribution in [3.05, 3.63) is 39.9 Å². The molecule has 1 aromatic heterocycles. The van der Waals surface area contributed by atoms with Gasteiger partial charge in [0.1, 0.15) is 6.54 Å². The third-order valence-corrected chi connectivity index (χ3v) is 3.49. The fraction of sp³-hybridized carbons (Fsp3) is 0.357. The van der Waals surface area contributed by atoms with Gasteiger partial charge in [0, 0.05) is 18.1 Å². The van der Waals surface area contributed by atoms with E-state index in [0.717, 1.165) is 0 Å². The van der Waals surface area contributed by atoms with Crippen molar-refractivity contribution in [2.24, 2.45) is 0 Å². The molecule has 1 amide bonds. The van der Waals surface area contributed by atoms with Crippen molar-refractivity contribution in [2.45, 2.75) is 26.4 Å². The summed E-state index contributed by atoms with van der Waals surface area (Å²) in [6.45, 7) is 3.81. The Kier molecular flexibility index (Phi) is 4.09. The zero-order valence-electron chi connectivity index (χ0n) is 11.6. The van der Waals surface area contributed by atoms with Gasteiger partial charge in [-0.2, -0.15) is 0 Å². The Morgan fingerprint density at radius 1 is 1.45 bits per heavy atom. The maximum absolute atomic E-state index is 12.3. The van der Waals surface area contributed by atoms with Gasteiger partial charge in [0.05, 0.1) is 17.2 Å². The van der Waals surface area contributed by atoms with Gasteiger partial charge in [-0.25, -0.2) is 4.98 Å².